The van der Waals surface area contributed by atoms with Gasteiger partial charge in [0.1, 0.15) is 51.9 Å². The molecule has 0 radical (unpaired) electrons. The number of hydrogen-bond donors (Lipinski definition) is 0. The first-order valence-corrected chi connectivity index (χ1v) is 40.3. The van der Waals surface area contributed by atoms with Gasteiger partial charge in [-0.05, 0) is 209 Å². The van der Waals surface area contributed by atoms with Gasteiger partial charge in [-0.15, -0.1) is 0 Å². The van der Waals surface area contributed by atoms with E-state index in [1.807, 2.05) is 83.8 Å². The molecule has 13 nitrogen and oxygen atoms in total. The Kier molecular flexibility index (Phi) is 24.8. The second-order valence-electron chi connectivity index (χ2n) is 32.6. The van der Waals surface area contributed by atoms with Gasteiger partial charge >= 0.3 is 24.7 Å². The van der Waals surface area contributed by atoms with E-state index in [0.717, 1.165) is 124 Å². The van der Waals surface area contributed by atoms with E-state index in [9.17, 15) is 43.9 Å². The van der Waals surface area contributed by atoms with Crippen LogP contribution >= 0.6 is 0 Å². The Morgan fingerprint density at radius 1 is 0.294 bits per heavy atom. The van der Waals surface area contributed by atoms with Crippen molar-refractivity contribution < 1.29 is 98.7 Å². The minimum absolute atomic E-state index is 0.0762. The largest absolute Gasteiger partial charge is 0.473 e. The number of aromatic nitrogens is 1. The summed E-state index contributed by atoms with van der Waals surface area (Å²) >= 11 is 0. The third-order valence-corrected chi connectivity index (χ3v) is 22.7. The highest BCUT2D eigenvalue weighted by Gasteiger charge is 2.74. The molecule has 7 heterocycles. The minimum Gasteiger partial charge on any atom is -0.473 e. The molecule has 0 bridgehead atoms. The van der Waals surface area contributed by atoms with E-state index in [4.69, 9.17) is 28.4 Å². The Morgan fingerprint density at radius 3 is 0.944 bits per heavy atom. The fourth-order valence-electron chi connectivity index (χ4n) is 16.2. The quantitative estimate of drug-likeness (QED) is 0.109. The first-order valence-electron chi connectivity index (χ1n) is 40.3. The summed E-state index contributed by atoms with van der Waals surface area (Å²) in [4.78, 5) is 15.1. The van der Waals surface area contributed by atoms with Crippen LogP contribution in [-0.4, -0.2) is 70.1 Å². The highest BCUT2D eigenvalue weighted by molar-refractivity contribution is 5.61. The molecule has 126 heavy (non-hydrogen) atoms. The van der Waals surface area contributed by atoms with E-state index in [0.29, 0.717) is 37.1 Å². The number of pyridine rings is 1. The molecule has 29 heteroatoms. The van der Waals surface area contributed by atoms with Crippen LogP contribution in [0.4, 0.5) is 105 Å². The fraction of sp³-hybridized carbons (Fsp3) is 0.268. The summed E-state index contributed by atoms with van der Waals surface area (Å²) in [5.41, 5.74) is -4.07. The van der Waals surface area contributed by atoms with Gasteiger partial charge in [0.2, 0.25) is 10.8 Å². The van der Waals surface area contributed by atoms with Crippen molar-refractivity contribution >= 4 is 34.3 Å². The molecule has 656 valence electrons. The second-order valence-corrected chi connectivity index (χ2v) is 32.6. The number of hydrogen-bond acceptors (Lipinski definition) is 13. The van der Waals surface area contributed by atoms with Crippen LogP contribution in [0.25, 0.3) is 0 Å². The smallest absolute Gasteiger partial charge is 0.411 e. The van der Waals surface area contributed by atoms with Crippen LogP contribution in [0.1, 0.15) is 101 Å². The van der Waals surface area contributed by atoms with E-state index in [-0.39, 0.29) is 122 Å². The van der Waals surface area contributed by atoms with Crippen molar-refractivity contribution in [2.75, 3.05) is 69.8 Å². The lowest BCUT2D eigenvalue weighted by Crippen LogP contribution is -2.55. The van der Waals surface area contributed by atoms with Gasteiger partial charge in [0, 0.05) is 107 Å². The predicted octanol–water partition coefficient (Wildman–Crippen LogP) is 24.2. The zero-order valence-electron chi connectivity index (χ0n) is 68.7. The Morgan fingerprint density at radius 2 is 0.587 bits per heavy atom. The van der Waals surface area contributed by atoms with Gasteiger partial charge < -0.3 is 57.8 Å². The molecule has 12 aromatic rings. The molecule has 6 aliphatic rings. The standard InChI is InChI=1S/C39H40F6N2O2.C31H24F6N2O2.C14H10F3NO.C13H11FN2O/c1-25(2)18-26-6-12-32(13-7-26)46-21-27-19-30(10-16-34(27)48-23-46)37(38(40,41)42,39(43,44)45)31-11-17-35-28(20-31)22-47(24-49-35)33-14-8-29(9-15-33)36(3,4)5;32-30(33,34)29(31(35,36)37,23-11-13-27-21(15-23)17-38(19-40-27)25-7-3-1-4-8-25)24-12-14-28-22(16-24)18-39(20-41-28)26-9-5-2-6-10-26;15-10-1-3-11(4-2-10)18-7-9-5-12(16)13(17)6-14(9)19-8-18;14-11-4-5-12-10(7-11)8-16(9-17-12)13-3-1-2-6-15-13/h6-17,19-20,25H,18,21-24H2,1-5H3;1-16H,17-20H2;1-6H,7-8H2;1-7H,8-9H2. The van der Waals surface area contributed by atoms with Gasteiger partial charge in [-0.1, -0.05) is 126 Å². The number of benzene rings is 11. The molecule has 18 rings (SSSR count). The summed E-state index contributed by atoms with van der Waals surface area (Å²) in [6, 6.07) is 64.0. The maximum absolute atomic E-state index is 15.2. The normalized spacial score (nSPS) is 15.0. The summed E-state index contributed by atoms with van der Waals surface area (Å²) in [6.45, 7) is 12.9. The number of rotatable bonds is 12. The maximum atomic E-state index is 15.2. The van der Waals surface area contributed by atoms with Crippen molar-refractivity contribution in [3.05, 3.63) is 351 Å². The second kappa shape index (κ2) is 35.6. The van der Waals surface area contributed by atoms with E-state index in [2.05, 4.69) is 39.6 Å². The van der Waals surface area contributed by atoms with E-state index >= 15 is 26.3 Å². The summed E-state index contributed by atoms with van der Waals surface area (Å²) < 4.78 is 268. The van der Waals surface area contributed by atoms with Gasteiger partial charge in [0.05, 0.1) is 6.54 Å². The minimum atomic E-state index is -5.73. The van der Waals surface area contributed by atoms with Crippen LogP contribution in [-0.2, 0) is 61.9 Å². The summed E-state index contributed by atoms with van der Waals surface area (Å²) in [5, 5.41) is 0. The molecule has 0 N–H and O–H groups in total. The van der Waals surface area contributed by atoms with Crippen molar-refractivity contribution in [2.24, 2.45) is 5.92 Å². The van der Waals surface area contributed by atoms with Gasteiger partial charge in [-0.2, -0.15) is 52.7 Å². The molecule has 0 saturated carbocycles. The Bertz CT molecular complexity index is 5680. The number of anilines is 6. The van der Waals surface area contributed by atoms with Crippen LogP contribution in [0.15, 0.2) is 261 Å². The zero-order chi connectivity index (χ0) is 89.3. The van der Waals surface area contributed by atoms with Crippen LogP contribution in [0.2, 0.25) is 0 Å². The number of halogens is 16. The molecule has 0 spiro atoms. The lowest BCUT2D eigenvalue weighted by atomic mass is 9.72. The van der Waals surface area contributed by atoms with Crippen molar-refractivity contribution in [2.45, 2.75) is 121 Å². The van der Waals surface area contributed by atoms with Crippen LogP contribution < -0.4 is 57.8 Å². The lowest BCUT2D eigenvalue weighted by Gasteiger charge is -2.40. The van der Waals surface area contributed by atoms with E-state index < -0.39 is 69.4 Å². The monoisotopic (exact) mass is 1750 g/mol. The van der Waals surface area contributed by atoms with Gasteiger partial charge in [0.15, 0.2) is 52.0 Å². The van der Waals surface area contributed by atoms with Crippen molar-refractivity contribution in [1.82, 2.24) is 4.98 Å². The predicted molar refractivity (Wildman–Crippen MR) is 448 cm³/mol. The molecule has 11 aromatic carbocycles. The highest BCUT2D eigenvalue weighted by Crippen LogP contribution is 2.60. The molecule has 0 saturated heterocycles. The molecule has 0 fully saturated rings. The first-order chi connectivity index (χ1) is 60.0. The molecule has 1 aromatic heterocycles. The average molecular weight is 1750 g/mol. The van der Waals surface area contributed by atoms with Gasteiger partial charge in [-0.25, -0.2) is 22.5 Å². The Labute approximate surface area is 717 Å². The molecular formula is C97H85F16N7O6. The Hall–Kier alpha value is -13.0. The lowest BCUT2D eigenvalue weighted by molar-refractivity contribution is -0.290. The van der Waals surface area contributed by atoms with Gasteiger partial charge in [-0.3, -0.25) is 0 Å². The first kappa shape index (κ1) is 87.9. The molecule has 0 unspecified atom stereocenters. The summed E-state index contributed by atoms with van der Waals surface area (Å²) in [6.07, 6.45) is -20.3. The Balaban J connectivity index is 0.000000141. The number of nitrogens with zero attached hydrogens (tertiary/aromatic N) is 7. The topological polar surface area (TPSA) is 87.7 Å². The SMILES string of the molecule is CC(C)Cc1ccc(N2COc3ccc(C(c4ccc5c(c4)CN(c4ccc(C(C)(C)C)cc4)CO5)(C(F)(F)F)C(F)(F)F)cc3C2)cc1.FC(F)(F)C(c1ccc2c(c1)CN(c1ccccc1)CO2)(c1ccc2c(c1)CN(c1ccccc1)CO2)C(F)(F)F.Fc1ccc(N2COc3cc(F)c(F)cc3C2)cc1.Fc1ccc2c(c1)CN(c1ccccn1)CO2. The van der Waals surface area contributed by atoms with E-state index in [1.165, 1.54) is 48.5 Å². The molecule has 0 aliphatic carbocycles. The number of para-hydroxylation sites is 2. The average Bonchev–Trinajstić information content (AvgIpc) is 0.712. The molecule has 6 aliphatic heterocycles. The summed E-state index contributed by atoms with van der Waals surface area (Å²) in [5.74, 6) is 0.999. The zero-order valence-corrected chi connectivity index (χ0v) is 68.7. The number of alkyl halides is 12. The summed E-state index contributed by atoms with van der Waals surface area (Å²) in [7, 11) is 0. The van der Waals surface area contributed by atoms with Crippen molar-refractivity contribution in [3.8, 4) is 34.5 Å². The molecule has 0 atom stereocenters. The molecule has 0 amide bonds. The van der Waals surface area contributed by atoms with Crippen molar-refractivity contribution in [1.29, 1.82) is 0 Å². The number of fused-ring (bicyclic) bond motifs is 6. The molecular weight excluding hydrogens is 1660 g/mol. The van der Waals surface area contributed by atoms with E-state index in [1.54, 1.807) is 97.4 Å². The van der Waals surface area contributed by atoms with Crippen LogP contribution in [0, 0.1) is 29.2 Å². The fourth-order valence-corrected chi connectivity index (χ4v) is 16.2. The van der Waals surface area contributed by atoms with Crippen LogP contribution in [0.5, 0.6) is 34.5 Å². The third-order valence-electron chi connectivity index (χ3n) is 22.7. The van der Waals surface area contributed by atoms with Gasteiger partial charge in [0.25, 0.3) is 0 Å². The highest BCUT2D eigenvalue weighted by atomic mass is 19.4. The number of ether oxygens (including phenoxy) is 6. The third kappa shape index (κ3) is 18.4. The maximum Gasteiger partial charge on any atom is 0.411 e. The van der Waals surface area contributed by atoms with Crippen molar-refractivity contribution in [3.63, 3.8) is 0 Å². The van der Waals surface area contributed by atoms with Crippen LogP contribution in [0.3, 0.4) is 0 Å².